The van der Waals surface area contributed by atoms with E-state index in [0.717, 1.165) is 36.6 Å². The van der Waals surface area contributed by atoms with E-state index < -0.39 is 11.9 Å². The molecule has 0 saturated heterocycles. The lowest BCUT2D eigenvalue weighted by Gasteiger charge is -2.26. The second kappa shape index (κ2) is 6.50. The molecule has 0 aliphatic carbocycles. The summed E-state index contributed by atoms with van der Waals surface area (Å²) in [6.45, 7) is 5.44. The van der Waals surface area contributed by atoms with E-state index in [1.54, 1.807) is 6.92 Å². The van der Waals surface area contributed by atoms with Gasteiger partial charge in [-0.05, 0) is 18.6 Å². The molecule has 1 aromatic carbocycles. The topological polar surface area (TPSA) is 59.0 Å². The molecule has 0 aromatic heterocycles. The molecule has 5 nitrogen and oxygen atoms in total. The van der Waals surface area contributed by atoms with E-state index in [-0.39, 0.29) is 6.79 Å². The molecule has 0 radical (unpaired) electrons. The van der Waals surface area contributed by atoms with Crippen molar-refractivity contribution in [3.8, 4) is 11.5 Å². The Morgan fingerprint density at radius 3 is 2.85 bits per heavy atom. The van der Waals surface area contributed by atoms with E-state index in [0.29, 0.717) is 6.54 Å². The Bertz CT molecular complexity index is 475. The van der Waals surface area contributed by atoms with E-state index >= 15 is 0 Å². The fourth-order valence-electron chi connectivity index (χ4n) is 2.17. The van der Waals surface area contributed by atoms with Crippen LogP contribution in [-0.2, 0) is 4.79 Å². The zero-order valence-corrected chi connectivity index (χ0v) is 12.0. The Hall–Kier alpha value is -1.91. The number of hydrogen-bond donors (Lipinski definition) is 1. The third-order valence-electron chi connectivity index (χ3n) is 3.42. The van der Waals surface area contributed by atoms with Crippen LogP contribution in [0.25, 0.3) is 0 Å². The zero-order valence-electron chi connectivity index (χ0n) is 12.0. The highest BCUT2D eigenvalue weighted by atomic mass is 16.7. The quantitative estimate of drug-likeness (QED) is 0.831. The fourth-order valence-corrected chi connectivity index (χ4v) is 2.17. The third-order valence-corrected chi connectivity index (χ3v) is 3.42. The van der Waals surface area contributed by atoms with E-state index in [1.807, 2.05) is 18.2 Å². The zero-order chi connectivity index (χ0) is 14.5. The Balaban J connectivity index is 2.14. The van der Waals surface area contributed by atoms with Crippen molar-refractivity contribution in [2.45, 2.75) is 26.7 Å². The van der Waals surface area contributed by atoms with Crippen LogP contribution < -0.4 is 14.4 Å². The Kier molecular flexibility index (Phi) is 4.71. The number of nitrogens with zero attached hydrogens (tertiary/aromatic N) is 1. The van der Waals surface area contributed by atoms with Crippen LogP contribution >= 0.6 is 0 Å². The van der Waals surface area contributed by atoms with Crippen molar-refractivity contribution in [3.05, 3.63) is 18.2 Å². The number of hydrogen-bond acceptors (Lipinski definition) is 4. The molecule has 20 heavy (non-hydrogen) atoms. The second-order valence-electron chi connectivity index (χ2n) is 5.08. The van der Waals surface area contributed by atoms with Crippen LogP contribution in [0.3, 0.4) is 0 Å². The number of benzene rings is 1. The van der Waals surface area contributed by atoms with Gasteiger partial charge in [0.1, 0.15) is 0 Å². The molecular formula is C15H21NO4. The van der Waals surface area contributed by atoms with Crippen LogP contribution in [0.5, 0.6) is 11.5 Å². The number of rotatable bonds is 7. The minimum absolute atomic E-state index is 0.249. The third kappa shape index (κ3) is 3.35. The first-order chi connectivity index (χ1) is 9.61. The minimum atomic E-state index is -0.771. The molecule has 0 amide bonds. The SMILES string of the molecule is CCCCN(CC(C)C(=O)O)c1ccc2c(c1)OCO2. The molecule has 1 unspecified atom stereocenters. The number of fused-ring (bicyclic) bond motifs is 1. The first-order valence-corrected chi connectivity index (χ1v) is 6.99. The Labute approximate surface area is 119 Å². The average molecular weight is 279 g/mol. The number of unbranched alkanes of at least 4 members (excludes halogenated alkanes) is 1. The van der Waals surface area contributed by atoms with Gasteiger partial charge in [0, 0.05) is 24.8 Å². The van der Waals surface area contributed by atoms with Crippen molar-refractivity contribution in [1.29, 1.82) is 0 Å². The summed E-state index contributed by atoms with van der Waals surface area (Å²) < 4.78 is 10.7. The van der Waals surface area contributed by atoms with Crippen molar-refractivity contribution >= 4 is 11.7 Å². The lowest BCUT2D eigenvalue weighted by atomic mass is 10.1. The fraction of sp³-hybridized carbons (Fsp3) is 0.533. The first kappa shape index (κ1) is 14.5. The standard InChI is InChI=1S/C15H21NO4/c1-3-4-7-16(9-11(2)15(17)18)12-5-6-13-14(8-12)20-10-19-13/h5-6,8,11H,3-4,7,9-10H2,1-2H3,(H,17,18). The molecular weight excluding hydrogens is 258 g/mol. The summed E-state index contributed by atoms with van der Waals surface area (Å²) in [6, 6.07) is 5.76. The molecule has 1 aliphatic rings. The van der Waals surface area contributed by atoms with Crippen molar-refractivity contribution in [2.75, 3.05) is 24.8 Å². The number of anilines is 1. The predicted molar refractivity (Wildman–Crippen MR) is 76.5 cm³/mol. The van der Waals surface area contributed by atoms with Gasteiger partial charge in [-0.3, -0.25) is 4.79 Å². The molecule has 0 bridgehead atoms. The van der Waals surface area contributed by atoms with E-state index in [2.05, 4.69) is 11.8 Å². The van der Waals surface area contributed by atoms with Crippen molar-refractivity contribution < 1.29 is 19.4 Å². The predicted octanol–water partition coefficient (Wildman–Crippen LogP) is 2.74. The number of aliphatic carboxylic acids is 1. The maximum absolute atomic E-state index is 11.1. The van der Waals surface area contributed by atoms with Gasteiger partial charge in [-0.2, -0.15) is 0 Å². The maximum atomic E-state index is 11.1. The van der Waals surface area contributed by atoms with Crippen molar-refractivity contribution in [2.24, 2.45) is 5.92 Å². The van der Waals surface area contributed by atoms with Crippen LogP contribution in [0.4, 0.5) is 5.69 Å². The monoisotopic (exact) mass is 279 g/mol. The molecule has 1 atom stereocenters. The van der Waals surface area contributed by atoms with Gasteiger partial charge in [0.2, 0.25) is 6.79 Å². The van der Waals surface area contributed by atoms with Gasteiger partial charge in [0.05, 0.1) is 5.92 Å². The lowest BCUT2D eigenvalue weighted by Crippen LogP contribution is -2.32. The Morgan fingerprint density at radius 2 is 2.15 bits per heavy atom. The van der Waals surface area contributed by atoms with Gasteiger partial charge >= 0.3 is 5.97 Å². The summed E-state index contributed by atoms with van der Waals surface area (Å²) in [5.74, 6) is 0.298. The van der Waals surface area contributed by atoms with Crippen LogP contribution in [0, 0.1) is 5.92 Å². The molecule has 1 N–H and O–H groups in total. The van der Waals surface area contributed by atoms with Crippen LogP contribution in [0.1, 0.15) is 26.7 Å². The molecule has 1 aromatic rings. The van der Waals surface area contributed by atoms with Gasteiger partial charge in [0.15, 0.2) is 11.5 Å². The number of carboxylic acid groups (broad SMARTS) is 1. The lowest BCUT2D eigenvalue weighted by molar-refractivity contribution is -0.140. The summed E-state index contributed by atoms with van der Waals surface area (Å²) in [5.41, 5.74) is 0.982. The normalized spacial score (nSPS) is 14.1. The molecule has 0 fully saturated rings. The second-order valence-corrected chi connectivity index (χ2v) is 5.08. The highest BCUT2D eigenvalue weighted by Crippen LogP contribution is 2.35. The molecule has 110 valence electrons. The van der Waals surface area contributed by atoms with E-state index in [9.17, 15) is 4.79 Å². The Morgan fingerprint density at radius 1 is 1.40 bits per heavy atom. The summed E-state index contributed by atoms with van der Waals surface area (Å²) in [4.78, 5) is 13.2. The molecule has 0 spiro atoms. The summed E-state index contributed by atoms with van der Waals surface area (Å²) in [6.07, 6.45) is 2.10. The highest BCUT2D eigenvalue weighted by Gasteiger charge is 2.19. The van der Waals surface area contributed by atoms with Gasteiger partial charge in [-0.25, -0.2) is 0 Å². The van der Waals surface area contributed by atoms with Crippen LogP contribution in [0.2, 0.25) is 0 Å². The molecule has 1 heterocycles. The molecule has 5 heteroatoms. The van der Waals surface area contributed by atoms with E-state index in [4.69, 9.17) is 14.6 Å². The first-order valence-electron chi connectivity index (χ1n) is 6.99. The van der Waals surface area contributed by atoms with Gasteiger partial charge in [-0.15, -0.1) is 0 Å². The molecule has 0 saturated carbocycles. The summed E-state index contributed by atoms with van der Waals surface area (Å²) >= 11 is 0. The van der Waals surface area contributed by atoms with E-state index in [1.165, 1.54) is 0 Å². The smallest absolute Gasteiger partial charge is 0.308 e. The minimum Gasteiger partial charge on any atom is -0.481 e. The number of ether oxygens (including phenoxy) is 2. The summed E-state index contributed by atoms with van der Waals surface area (Å²) in [5, 5.41) is 9.09. The van der Waals surface area contributed by atoms with Gasteiger partial charge in [-0.1, -0.05) is 20.3 Å². The largest absolute Gasteiger partial charge is 0.481 e. The van der Waals surface area contributed by atoms with Gasteiger partial charge < -0.3 is 19.5 Å². The van der Waals surface area contributed by atoms with Crippen LogP contribution in [-0.4, -0.2) is 31.0 Å². The van der Waals surface area contributed by atoms with Crippen molar-refractivity contribution in [3.63, 3.8) is 0 Å². The maximum Gasteiger partial charge on any atom is 0.308 e. The molecule has 2 rings (SSSR count). The molecule has 1 aliphatic heterocycles. The number of carboxylic acids is 1. The average Bonchev–Trinajstić information content (AvgIpc) is 2.90. The number of carbonyl (C=O) groups is 1. The van der Waals surface area contributed by atoms with Crippen LogP contribution in [0.15, 0.2) is 18.2 Å². The summed E-state index contributed by atoms with van der Waals surface area (Å²) in [7, 11) is 0. The van der Waals surface area contributed by atoms with Crippen molar-refractivity contribution in [1.82, 2.24) is 0 Å². The van der Waals surface area contributed by atoms with Gasteiger partial charge in [0.25, 0.3) is 0 Å². The highest BCUT2D eigenvalue weighted by molar-refractivity contribution is 5.70.